The van der Waals surface area contributed by atoms with Crippen LogP contribution in [0.15, 0.2) is 42.5 Å². The smallest absolute Gasteiger partial charge is 0.263 e. The molecule has 5 rings (SSSR count). The third-order valence-corrected chi connectivity index (χ3v) is 7.20. The molecule has 1 N–H and O–H groups in total. The molecule has 3 aromatic rings. The predicted molar refractivity (Wildman–Crippen MR) is 120 cm³/mol. The van der Waals surface area contributed by atoms with Crippen LogP contribution in [0.4, 0.5) is 8.78 Å². The summed E-state index contributed by atoms with van der Waals surface area (Å²) in [7, 11) is 1.94. The van der Waals surface area contributed by atoms with Gasteiger partial charge in [0.2, 0.25) is 0 Å². The van der Waals surface area contributed by atoms with Gasteiger partial charge in [0.05, 0.1) is 11.0 Å². The highest BCUT2D eigenvalue weighted by atomic mass is 19.3. The number of alkyl halides is 2. The summed E-state index contributed by atoms with van der Waals surface area (Å²) in [6, 6.07) is 11.1. The van der Waals surface area contributed by atoms with E-state index in [0.29, 0.717) is 24.2 Å². The number of nitrogens with zero attached hydrogens (tertiary/aromatic N) is 3. The lowest BCUT2D eigenvalue weighted by Crippen LogP contribution is -2.52. The van der Waals surface area contributed by atoms with Crippen molar-refractivity contribution in [1.29, 1.82) is 0 Å². The molecule has 2 amide bonds. The van der Waals surface area contributed by atoms with Crippen LogP contribution in [-0.4, -0.2) is 45.4 Å². The fourth-order valence-corrected chi connectivity index (χ4v) is 5.20. The maximum Gasteiger partial charge on any atom is 0.263 e. The molecule has 2 heterocycles. The Kier molecular flexibility index (Phi) is 5.18. The van der Waals surface area contributed by atoms with Crippen molar-refractivity contribution in [2.24, 2.45) is 12.5 Å². The summed E-state index contributed by atoms with van der Waals surface area (Å²) in [5.41, 5.74) is 2.82. The second kappa shape index (κ2) is 7.93. The summed E-state index contributed by atoms with van der Waals surface area (Å²) < 4.78 is 27.4. The fourth-order valence-electron chi connectivity index (χ4n) is 5.20. The molecule has 2 aliphatic rings. The number of carbonyl (C=O) groups excluding carboxylic acids is 2. The number of likely N-dealkylation sites (tertiary alicyclic amines) is 1. The van der Waals surface area contributed by atoms with Crippen LogP contribution < -0.4 is 5.32 Å². The first-order valence-electron chi connectivity index (χ1n) is 11.2. The van der Waals surface area contributed by atoms with Crippen LogP contribution >= 0.6 is 0 Å². The minimum Gasteiger partial charge on any atom is -0.349 e. The van der Waals surface area contributed by atoms with Crippen LogP contribution in [0.2, 0.25) is 0 Å². The van der Waals surface area contributed by atoms with E-state index in [0.717, 1.165) is 36.1 Å². The molecule has 33 heavy (non-hydrogen) atoms. The van der Waals surface area contributed by atoms with E-state index in [4.69, 9.17) is 0 Å². The van der Waals surface area contributed by atoms with Gasteiger partial charge in [-0.05, 0) is 61.9 Å². The number of imidazole rings is 1. The molecule has 1 aliphatic heterocycles. The number of amides is 2. The van der Waals surface area contributed by atoms with E-state index in [9.17, 15) is 18.4 Å². The SMILES string of the molecule is Cc1nc2ccc(C(=O)N3CCC4(CC(NC(=O)c5ccc(C(F)F)cc5)C4)C3)cc2n1C. The molecule has 2 aromatic carbocycles. The Morgan fingerprint density at radius 2 is 1.82 bits per heavy atom. The third kappa shape index (κ3) is 3.87. The lowest BCUT2D eigenvalue weighted by atomic mass is 9.65. The second-order valence-electron chi connectivity index (χ2n) is 9.40. The average Bonchev–Trinajstić information content (AvgIpc) is 3.34. The Balaban J connectivity index is 1.18. The zero-order valence-electron chi connectivity index (χ0n) is 18.6. The summed E-state index contributed by atoms with van der Waals surface area (Å²) in [5.74, 6) is 0.683. The van der Waals surface area contributed by atoms with E-state index >= 15 is 0 Å². The van der Waals surface area contributed by atoms with Gasteiger partial charge in [-0.3, -0.25) is 9.59 Å². The molecule has 8 heteroatoms. The Morgan fingerprint density at radius 1 is 1.12 bits per heavy atom. The standard InChI is InChI=1S/C25H26F2N4O2/c1-15-28-20-8-7-18(11-21(20)30(15)2)24(33)31-10-9-25(14-31)12-19(13-25)29-23(32)17-5-3-16(4-6-17)22(26)27/h3-8,11,19,22H,9-10,12-14H2,1-2H3,(H,29,32). The van der Waals surface area contributed by atoms with Crippen molar-refractivity contribution in [2.75, 3.05) is 13.1 Å². The summed E-state index contributed by atoms with van der Waals surface area (Å²) in [5, 5.41) is 3.00. The number of fused-ring (bicyclic) bond motifs is 1. The first kappa shape index (κ1) is 21.6. The van der Waals surface area contributed by atoms with Gasteiger partial charge in [-0.1, -0.05) is 12.1 Å². The van der Waals surface area contributed by atoms with Gasteiger partial charge in [-0.2, -0.15) is 0 Å². The molecular formula is C25H26F2N4O2. The highest BCUT2D eigenvalue weighted by molar-refractivity contribution is 5.98. The third-order valence-electron chi connectivity index (χ3n) is 7.20. The van der Waals surface area contributed by atoms with Crippen LogP contribution in [0.5, 0.6) is 0 Å². The molecular weight excluding hydrogens is 426 g/mol. The number of aryl methyl sites for hydroxylation is 2. The molecule has 172 valence electrons. The van der Waals surface area contributed by atoms with E-state index in [2.05, 4.69) is 10.3 Å². The van der Waals surface area contributed by atoms with Crippen molar-refractivity contribution in [3.8, 4) is 0 Å². The maximum absolute atomic E-state index is 13.1. The van der Waals surface area contributed by atoms with Gasteiger partial charge >= 0.3 is 0 Å². The summed E-state index contributed by atoms with van der Waals surface area (Å²) >= 11 is 0. The normalized spacial score (nSPS) is 22.2. The number of benzene rings is 2. The Bertz CT molecular complexity index is 1230. The van der Waals surface area contributed by atoms with E-state index in [1.807, 2.05) is 41.6 Å². The first-order chi connectivity index (χ1) is 15.7. The number of nitrogens with one attached hydrogen (secondary N) is 1. The van der Waals surface area contributed by atoms with Crippen LogP contribution in [0.25, 0.3) is 11.0 Å². The number of hydrogen-bond acceptors (Lipinski definition) is 3. The number of aromatic nitrogens is 2. The zero-order valence-corrected chi connectivity index (χ0v) is 18.6. The quantitative estimate of drug-likeness (QED) is 0.644. The number of carbonyl (C=O) groups is 2. The van der Waals surface area contributed by atoms with E-state index in [1.165, 1.54) is 24.3 Å². The van der Waals surface area contributed by atoms with Gasteiger partial charge in [0, 0.05) is 42.9 Å². The monoisotopic (exact) mass is 452 g/mol. The lowest BCUT2D eigenvalue weighted by molar-refractivity contribution is 0.0610. The van der Waals surface area contributed by atoms with Gasteiger partial charge in [-0.15, -0.1) is 0 Å². The van der Waals surface area contributed by atoms with Crippen molar-refractivity contribution in [2.45, 2.75) is 38.7 Å². The largest absolute Gasteiger partial charge is 0.349 e. The maximum atomic E-state index is 13.1. The van der Waals surface area contributed by atoms with E-state index < -0.39 is 6.43 Å². The highest BCUT2D eigenvalue weighted by Gasteiger charge is 2.49. The molecule has 1 saturated carbocycles. The molecule has 1 spiro atoms. The Hall–Kier alpha value is -3.29. The topological polar surface area (TPSA) is 67.2 Å². The molecule has 1 aromatic heterocycles. The summed E-state index contributed by atoms with van der Waals surface area (Å²) in [6.07, 6.45) is 0.00740. The number of rotatable bonds is 4. The minimum absolute atomic E-state index is 0.0271. The molecule has 6 nitrogen and oxygen atoms in total. The number of hydrogen-bond donors (Lipinski definition) is 1. The molecule has 0 unspecified atom stereocenters. The van der Waals surface area contributed by atoms with Gasteiger partial charge in [0.15, 0.2) is 0 Å². The van der Waals surface area contributed by atoms with E-state index in [-0.39, 0.29) is 28.8 Å². The van der Waals surface area contributed by atoms with Crippen molar-refractivity contribution >= 4 is 22.8 Å². The Morgan fingerprint density at radius 3 is 2.52 bits per heavy atom. The van der Waals surface area contributed by atoms with E-state index in [1.54, 1.807) is 0 Å². The van der Waals surface area contributed by atoms with Crippen molar-refractivity contribution < 1.29 is 18.4 Å². The molecule has 0 radical (unpaired) electrons. The molecule has 2 fully saturated rings. The predicted octanol–water partition coefficient (Wildman–Crippen LogP) is 4.24. The van der Waals surface area contributed by atoms with Crippen molar-refractivity contribution in [3.05, 3.63) is 65.0 Å². The van der Waals surface area contributed by atoms with Gasteiger partial charge < -0.3 is 14.8 Å². The molecule has 0 bridgehead atoms. The molecule has 1 saturated heterocycles. The summed E-state index contributed by atoms with van der Waals surface area (Å²) in [6.45, 7) is 3.33. The minimum atomic E-state index is -2.54. The van der Waals surface area contributed by atoms with Crippen molar-refractivity contribution in [1.82, 2.24) is 19.8 Å². The Labute approximate surface area is 190 Å². The fraction of sp³-hybridized carbons (Fsp3) is 0.400. The van der Waals surface area contributed by atoms with Gasteiger partial charge in [-0.25, -0.2) is 13.8 Å². The summed E-state index contributed by atoms with van der Waals surface area (Å²) in [4.78, 5) is 32.0. The van der Waals surface area contributed by atoms with Gasteiger partial charge in [0.1, 0.15) is 5.82 Å². The van der Waals surface area contributed by atoms with Crippen LogP contribution in [0, 0.1) is 12.3 Å². The van der Waals surface area contributed by atoms with Crippen LogP contribution in [-0.2, 0) is 7.05 Å². The van der Waals surface area contributed by atoms with Crippen LogP contribution in [0.1, 0.15) is 57.8 Å². The highest BCUT2D eigenvalue weighted by Crippen LogP contribution is 2.48. The zero-order chi connectivity index (χ0) is 23.3. The molecule has 1 aliphatic carbocycles. The molecule has 0 atom stereocenters. The average molecular weight is 453 g/mol. The van der Waals surface area contributed by atoms with Crippen LogP contribution in [0.3, 0.4) is 0 Å². The first-order valence-corrected chi connectivity index (χ1v) is 11.2. The second-order valence-corrected chi connectivity index (χ2v) is 9.40. The number of halogens is 2. The van der Waals surface area contributed by atoms with Crippen molar-refractivity contribution in [3.63, 3.8) is 0 Å². The van der Waals surface area contributed by atoms with Gasteiger partial charge in [0.25, 0.3) is 18.2 Å². The lowest BCUT2D eigenvalue weighted by Gasteiger charge is -2.45.